The summed E-state index contributed by atoms with van der Waals surface area (Å²) in [6, 6.07) is 0. The molecule has 0 atom stereocenters. The molecule has 0 aliphatic heterocycles. The number of likely N-dealkylation sites (N-methyl/N-ethyl adjacent to an activating group) is 1. The number of aliphatic imine (C=N–C) groups is 1. The fourth-order valence-corrected chi connectivity index (χ4v) is 1.31. The molecular weight excluding hydrogens is 284 g/mol. The Labute approximate surface area is 132 Å². The number of hydrogen-bond acceptors (Lipinski definition) is 4. The molecule has 0 rings (SSSR count). The number of ether oxygens (including phenoxy) is 1. The summed E-state index contributed by atoms with van der Waals surface area (Å²) in [6.07, 6.45) is 1.90. The molecule has 0 heterocycles. The number of nitrogens with zero attached hydrogens (tertiary/aromatic N) is 2. The molecule has 0 aromatic carbocycles. The van der Waals surface area contributed by atoms with Crippen LogP contribution in [0, 0.1) is 0 Å². The van der Waals surface area contributed by atoms with Crippen LogP contribution in [0.15, 0.2) is 17.6 Å². The van der Waals surface area contributed by atoms with E-state index in [1.165, 1.54) is 4.90 Å². The van der Waals surface area contributed by atoms with E-state index in [0.29, 0.717) is 19.0 Å². The number of esters is 1. The van der Waals surface area contributed by atoms with Crippen molar-refractivity contribution in [2.45, 2.75) is 32.8 Å². The molecule has 2 N–H and O–H groups in total. The fraction of sp³-hybridized carbons (Fsp3) is 0.667. The first-order valence-electron chi connectivity index (χ1n) is 7.21. The Bertz CT molecular complexity index is 412. The fourth-order valence-electron chi connectivity index (χ4n) is 1.31. The Morgan fingerprint density at radius 1 is 1.27 bits per heavy atom. The van der Waals surface area contributed by atoms with Gasteiger partial charge in [-0.3, -0.25) is 9.59 Å². The maximum absolute atomic E-state index is 11.6. The number of nitrogens with one attached hydrogen (secondary N) is 2. The molecule has 0 unspecified atom stereocenters. The third kappa shape index (κ3) is 10.7. The van der Waals surface area contributed by atoms with E-state index in [0.717, 1.165) is 0 Å². The lowest BCUT2D eigenvalue weighted by Gasteiger charge is -2.19. The van der Waals surface area contributed by atoms with E-state index >= 15 is 0 Å². The molecule has 1 amide bonds. The minimum Gasteiger partial charge on any atom is -0.460 e. The highest BCUT2D eigenvalue weighted by atomic mass is 16.6. The van der Waals surface area contributed by atoms with E-state index in [2.05, 4.69) is 22.2 Å². The molecule has 0 aromatic rings. The minimum absolute atomic E-state index is 0.0336. The first-order valence-corrected chi connectivity index (χ1v) is 7.21. The van der Waals surface area contributed by atoms with Gasteiger partial charge in [-0.15, -0.1) is 6.58 Å². The zero-order valence-corrected chi connectivity index (χ0v) is 14.2. The molecule has 0 saturated heterocycles. The normalized spacial score (nSPS) is 11.6. The number of carbonyl (C=O) groups excluding carboxylic acids is 2. The number of carbonyl (C=O) groups is 2. The molecule has 0 fully saturated rings. The van der Waals surface area contributed by atoms with Gasteiger partial charge in [0.1, 0.15) is 12.1 Å². The van der Waals surface area contributed by atoms with Crippen molar-refractivity contribution < 1.29 is 14.3 Å². The highest BCUT2D eigenvalue weighted by Gasteiger charge is 2.15. The van der Waals surface area contributed by atoms with Crippen molar-refractivity contribution in [3.8, 4) is 0 Å². The highest BCUT2D eigenvalue weighted by molar-refractivity contribution is 5.85. The van der Waals surface area contributed by atoms with Crippen LogP contribution in [-0.4, -0.2) is 62.1 Å². The van der Waals surface area contributed by atoms with Gasteiger partial charge in [0, 0.05) is 27.2 Å². The summed E-state index contributed by atoms with van der Waals surface area (Å²) < 4.78 is 5.21. The average molecular weight is 312 g/mol. The Morgan fingerprint density at radius 2 is 1.91 bits per heavy atom. The van der Waals surface area contributed by atoms with Crippen molar-refractivity contribution in [3.05, 3.63) is 12.7 Å². The Balaban J connectivity index is 4.36. The lowest BCUT2D eigenvalue weighted by molar-refractivity contribution is -0.154. The minimum atomic E-state index is -0.493. The number of hydrogen-bond donors (Lipinski definition) is 2. The van der Waals surface area contributed by atoms with E-state index in [1.807, 2.05) is 20.8 Å². The van der Waals surface area contributed by atoms with Crippen LogP contribution in [0.4, 0.5) is 0 Å². The third-order valence-corrected chi connectivity index (χ3v) is 2.33. The van der Waals surface area contributed by atoms with Crippen molar-refractivity contribution in [1.82, 2.24) is 15.5 Å². The molecule has 7 nitrogen and oxygen atoms in total. The van der Waals surface area contributed by atoms with Gasteiger partial charge in [0.2, 0.25) is 5.91 Å². The molecule has 0 spiro atoms. The highest BCUT2D eigenvalue weighted by Crippen LogP contribution is 2.07. The lowest BCUT2D eigenvalue weighted by atomic mass is 10.2. The third-order valence-electron chi connectivity index (χ3n) is 2.33. The number of amides is 1. The van der Waals surface area contributed by atoms with Crippen LogP contribution in [0.5, 0.6) is 0 Å². The second-order valence-electron chi connectivity index (χ2n) is 5.89. The van der Waals surface area contributed by atoms with Crippen LogP contribution in [0.3, 0.4) is 0 Å². The molecule has 0 aliphatic rings. The Kier molecular flexibility index (Phi) is 8.89. The van der Waals surface area contributed by atoms with Crippen LogP contribution < -0.4 is 10.6 Å². The molecular formula is C15H28N4O3. The van der Waals surface area contributed by atoms with Gasteiger partial charge in [-0.2, -0.15) is 0 Å². The molecule has 7 heteroatoms. The van der Waals surface area contributed by atoms with E-state index in [1.54, 1.807) is 20.2 Å². The van der Waals surface area contributed by atoms with E-state index in [9.17, 15) is 9.59 Å². The lowest BCUT2D eigenvalue weighted by Crippen LogP contribution is -2.40. The van der Waals surface area contributed by atoms with Crippen molar-refractivity contribution in [2.75, 3.05) is 33.7 Å². The smallest absolute Gasteiger partial charge is 0.308 e. The van der Waals surface area contributed by atoms with Crippen molar-refractivity contribution in [2.24, 2.45) is 4.99 Å². The van der Waals surface area contributed by atoms with Gasteiger partial charge in [-0.05, 0) is 20.8 Å². The van der Waals surface area contributed by atoms with E-state index in [-0.39, 0.29) is 24.8 Å². The second kappa shape index (κ2) is 9.81. The Hall–Kier alpha value is -2.05. The molecule has 0 radical (unpaired) electrons. The predicted octanol–water partition coefficient (Wildman–Crippen LogP) is 0.528. The van der Waals surface area contributed by atoms with Crippen molar-refractivity contribution in [1.29, 1.82) is 0 Å². The van der Waals surface area contributed by atoms with Gasteiger partial charge in [-0.1, -0.05) is 6.08 Å². The summed E-state index contributed by atoms with van der Waals surface area (Å²) in [5, 5.41) is 5.97. The van der Waals surface area contributed by atoms with Gasteiger partial charge in [0.15, 0.2) is 5.96 Å². The summed E-state index contributed by atoms with van der Waals surface area (Å²) in [5.74, 6) is 0.0675. The van der Waals surface area contributed by atoms with Crippen LogP contribution in [0.2, 0.25) is 0 Å². The number of guanidine groups is 1. The molecule has 0 saturated carbocycles. The standard InChI is InChI=1S/C15H28N4O3/c1-7-9-16-14(18-11-12(20)19(5)6)17-10-8-13(21)22-15(2,3)4/h7H,1,8-11H2,2-6H3,(H2,16,17,18). The summed E-state index contributed by atoms with van der Waals surface area (Å²) in [6.45, 7) is 9.99. The molecule has 126 valence electrons. The molecule has 0 aromatic heterocycles. The van der Waals surface area contributed by atoms with Gasteiger partial charge in [0.25, 0.3) is 0 Å². The molecule has 22 heavy (non-hydrogen) atoms. The summed E-state index contributed by atoms with van der Waals surface area (Å²) in [4.78, 5) is 28.8. The van der Waals surface area contributed by atoms with Crippen molar-refractivity contribution >= 4 is 17.8 Å². The summed E-state index contributed by atoms with van der Waals surface area (Å²) in [5.41, 5.74) is -0.493. The van der Waals surface area contributed by atoms with Gasteiger partial charge in [-0.25, -0.2) is 4.99 Å². The van der Waals surface area contributed by atoms with Gasteiger partial charge >= 0.3 is 5.97 Å². The predicted molar refractivity (Wildman–Crippen MR) is 87.7 cm³/mol. The van der Waals surface area contributed by atoms with Crippen LogP contribution in [0.25, 0.3) is 0 Å². The zero-order chi connectivity index (χ0) is 17.2. The van der Waals surface area contributed by atoms with Gasteiger partial charge in [0.05, 0.1) is 6.42 Å². The maximum atomic E-state index is 11.6. The first-order chi connectivity index (χ1) is 10.2. The molecule has 0 aliphatic carbocycles. The van der Waals surface area contributed by atoms with Crippen LogP contribution in [0.1, 0.15) is 27.2 Å². The largest absolute Gasteiger partial charge is 0.460 e. The van der Waals surface area contributed by atoms with Crippen LogP contribution >= 0.6 is 0 Å². The average Bonchev–Trinajstić information content (AvgIpc) is 2.38. The molecule has 0 bridgehead atoms. The van der Waals surface area contributed by atoms with Gasteiger partial charge < -0.3 is 20.3 Å². The summed E-state index contributed by atoms with van der Waals surface area (Å²) in [7, 11) is 3.34. The second-order valence-corrected chi connectivity index (χ2v) is 5.89. The van der Waals surface area contributed by atoms with Crippen LogP contribution in [-0.2, 0) is 14.3 Å². The maximum Gasteiger partial charge on any atom is 0.308 e. The first kappa shape index (κ1) is 19.9. The number of rotatable bonds is 7. The quantitative estimate of drug-likeness (QED) is 0.310. The monoisotopic (exact) mass is 312 g/mol. The van der Waals surface area contributed by atoms with E-state index in [4.69, 9.17) is 4.74 Å². The zero-order valence-electron chi connectivity index (χ0n) is 14.2. The SMILES string of the molecule is C=CCNC(=NCC(=O)N(C)C)NCCC(=O)OC(C)(C)C. The van der Waals surface area contributed by atoms with E-state index < -0.39 is 5.60 Å². The summed E-state index contributed by atoms with van der Waals surface area (Å²) >= 11 is 0. The van der Waals surface area contributed by atoms with Crippen molar-refractivity contribution in [3.63, 3.8) is 0 Å². The Morgan fingerprint density at radius 3 is 2.41 bits per heavy atom. The topological polar surface area (TPSA) is 83.0 Å².